The standard InChI is InChI=1S/C12H17N3O3/c1-17-11(16)10-13-7-4-9(15-10)14-8-12(18-2)5-3-6-12/h4,7H,3,5-6,8H2,1-2H3,(H,13,14,15). The second kappa shape index (κ2) is 5.30. The van der Waals surface area contributed by atoms with Gasteiger partial charge in [-0.3, -0.25) is 0 Å². The van der Waals surface area contributed by atoms with Crippen molar-refractivity contribution in [3.63, 3.8) is 0 Å². The maximum Gasteiger partial charge on any atom is 0.376 e. The van der Waals surface area contributed by atoms with E-state index in [4.69, 9.17) is 4.74 Å². The number of ether oxygens (including phenoxy) is 2. The number of hydrogen-bond acceptors (Lipinski definition) is 6. The predicted molar refractivity (Wildman–Crippen MR) is 65.5 cm³/mol. The highest BCUT2D eigenvalue weighted by Gasteiger charge is 2.36. The molecular weight excluding hydrogens is 234 g/mol. The van der Waals surface area contributed by atoms with Gasteiger partial charge in [0.2, 0.25) is 5.82 Å². The van der Waals surface area contributed by atoms with Crippen LogP contribution < -0.4 is 5.32 Å². The monoisotopic (exact) mass is 251 g/mol. The lowest BCUT2D eigenvalue weighted by atomic mass is 9.80. The Morgan fingerprint density at radius 2 is 2.28 bits per heavy atom. The van der Waals surface area contributed by atoms with E-state index in [2.05, 4.69) is 20.0 Å². The zero-order chi connectivity index (χ0) is 13.0. The van der Waals surface area contributed by atoms with Crippen LogP contribution in [0.1, 0.15) is 29.9 Å². The van der Waals surface area contributed by atoms with E-state index in [-0.39, 0.29) is 11.4 Å². The molecule has 6 nitrogen and oxygen atoms in total. The first kappa shape index (κ1) is 12.8. The number of rotatable bonds is 5. The Balaban J connectivity index is 1.99. The molecule has 0 aromatic carbocycles. The minimum atomic E-state index is -0.538. The Hall–Kier alpha value is -1.69. The second-order valence-corrected chi connectivity index (χ2v) is 4.35. The van der Waals surface area contributed by atoms with Gasteiger partial charge < -0.3 is 14.8 Å². The molecule has 1 aromatic heterocycles. The Labute approximate surface area is 106 Å². The van der Waals surface area contributed by atoms with Gasteiger partial charge in [0.1, 0.15) is 5.82 Å². The number of aromatic nitrogens is 2. The molecule has 1 saturated carbocycles. The molecule has 1 fully saturated rings. The van der Waals surface area contributed by atoms with E-state index >= 15 is 0 Å². The molecule has 0 amide bonds. The summed E-state index contributed by atoms with van der Waals surface area (Å²) in [5, 5.41) is 3.17. The van der Waals surface area contributed by atoms with Crippen molar-refractivity contribution in [3.8, 4) is 0 Å². The molecule has 0 spiro atoms. The van der Waals surface area contributed by atoms with E-state index in [1.54, 1.807) is 13.2 Å². The van der Waals surface area contributed by atoms with Crippen LogP contribution in [0.15, 0.2) is 12.3 Å². The van der Waals surface area contributed by atoms with Gasteiger partial charge in [-0.15, -0.1) is 0 Å². The number of carbonyl (C=O) groups is 1. The van der Waals surface area contributed by atoms with Crippen LogP contribution in [0.4, 0.5) is 5.82 Å². The average Bonchev–Trinajstić information content (AvgIpc) is 2.37. The van der Waals surface area contributed by atoms with Crippen LogP contribution in [0.2, 0.25) is 0 Å². The van der Waals surface area contributed by atoms with E-state index < -0.39 is 5.97 Å². The van der Waals surface area contributed by atoms with Gasteiger partial charge in [0.05, 0.1) is 12.7 Å². The number of anilines is 1. The van der Waals surface area contributed by atoms with Crippen molar-refractivity contribution >= 4 is 11.8 Å². The smallest absolute Gasteiger partial charge is 0.376 e. The van der Waals surface area contributed by atoms with Crippen molar-refractivity contribution in [1.82, 2.24) is 9.97 Å². The number of carbonyl (C=O) groups excluding carboxylic acids is 1. The van der Waals surface area contributed by atoms with Crippen LogP contribution in [0.3, 0.4) is 0 Å². The van der Waals surface area contributed by atoms with Crippen molar-refractivity contribution in [2.24, 2.45) is 0 Å². The molecule has 1 aliphatic rings. The van der Waals surface area contributed by atoms with Gasteiger partial charge in [-0.2, -0.15) is 0 Å². The minimum absolute atomic E-state index is 0.0579. The fourth-order valence-electron chi connectivity index (χ4n) is 1.92. The second-order valence-electron chi connectivity index (χ2n) is 4.35. The Bertz CT molecular complexity index is 427. The molecule has 6 heteroatoms. The lowest BCUT2D eigenvalue weighted by Crippen LogP contribution is -2.45. The summed E-state index contributed by atoms with van der Waals surface area (Å²) in [6.45, 7) is 0.682. The third-order valence-electron chi connectivity index (χ3n) is 3.31. The van der Waals surface area contributed by atoms with Crippen molar-refractivity contribution in [1.29, 1.82) is 0 Å². The number of methoxy groups -OCH3 is 2. The van der Waals surface area contributed by atoms with Crippen LogP contribution in [0, 0.1) is 0 Å². The van der Waals surface area contributed by atoms with E-state index in [1.165, 1.54) is 19.7 Å². The summed E-state index contributed by atoms with van der Waals surface area (Å²) in [6.07, 6.45) is 4.81. The first-order valence-corrected chi connectivity index (χ1v) is 5.89. The van der Waals surface area contributed by atoms with E-state index in [1.807, 2.05) is 0 Å². The fraction of sp³-hybridized carbons (Fsp3) is 0.583. The quantitative estimate of drug-likeness (QED) is 0.794. The van der Waals surface area contributed by atoms with E-state index in [9.17, 15) is 4.79 Å². The third-order valence-corrected chi connectivity index (χ3v) is 3.31. The van der Waals surface area contributed by atoms with Crippen molar-refractivity contribution < 1.29 is 14.3 Å². The van der Waals surface area contributed by atoms with Gasteiger partial charge in [-0.25, -0.2) is 14.8 Å². The molecule has 0 radical (unpaired) electrons. The molecule has 1 heterocycles. The Morgan fingerprint density at radius 1 is 1.50 bits per heavy atom. The van der Waals surface area contributed by atoms with Crippen molar-refractivity contribution in [3.05, 3.63) is 18.1 Å². The SMILES string of the molecule is COC(=O)c1nccc(NCC2(OC)CCC2)n1. The van der Waals surface area contributed by atoms with Crippen LogP contribution in [0.5, 0.6) is 0 Å². The summed E-state index contributed by atoms with van der Waals surface area (Å²) in [5.41, 5.74) is -0.0869. The number of nitrogens with one attached hydrogen (secondary N) is 1. The third kappa shape index (κ3) is 2.59. The zero-order valence-corrected chi connectivity index (χ0v) is 10.6. The van der Waals surface area contributed by atoms with Crippen molar-refractivity contribution in [2.75, 3.05) is 26.1 Å². The lowest BCUT2D eigenvalue weighted by Gasteiger charge is -2.40. The van der Waals surface area contributed by atoms with Gasteiger partial charge in [-0.05, 0) is 25.3 Å². The summed E-state index contributed by atoms with van der Waals surface area (Å²) >= 11 is 0. The first-order chi connectivity index (χ1) is 8.69. The van der Waals surface area contributed by atoms with Gasteiger partial charge in [0, 0.05) is 19.9 Å². The molecule has 0 aliphatic heterocycles. The highest BCUT2D eigenvalue weighted by Crippen LogP contribution is 2.34. The molecular formula is C12H17N3O3. The summed E-state index contributed by atoms with van der Waals surface area (Å²) < 4.78 is 10.1. The molecule has 0 bridgehead atoms. The molecule has 0 saturated heterocycles. The Kier molecular flexibility index (Phi) is 3.76. The topological polar surface area (TPSA) is 73.3 Å². The maximum atomic E-state index is 11.3. The van der Waals surface area contributed by atoms with Gasteiger partial charge >= 0.3 is 5.97 Å². The Morgan fingerprint density at radius 3 is 2.83 bits per heavy atom. The molecule has 98 valence electrons. The van der Waals surface area contributed by atoms with Gasteiger partial charge in [0.15, 0.2) is 0 Å². The first-order valence-electron chi connectivity index (χ1n) is 5.89. The highest BCUT2D eigenvalue weighted by molar-refractivity contribution is 5.85. The van der Waals surface area contributed by atoms with Crippen LogP contribution in [0.25, 0.3) is 0 Å². The molecule has 18 heavy (non-hydrogen) atoms. The summed E-state index contributed by atoms with van der Waals surface area (Å²) in [5.74, 6) is 0.125. The van der Waals surface area contributed by atoms with Crippen LogP contribution in [-0.4, -0.2) is 42.3 Å². The summed E-state index contributed by atoms with van der Waals surface area (Å²) in [4.78, 5) is 19.2. The lowest BCUT2D eigenvalue weighted by molar-refractivity contribution is -0.0601. The number of esters is 1. The van der Waals surface area contributed by atoms with Crippen LogP contribution in [-0.2, 0) is 9.47 Å². The van der Waals surface area contributed by atoms with Gasteiger partial charge in [0.25, 0.3) is 0 Å². The molecule has 1 aliphatic carbocycles. The number of hydrogen-bond donors (Lipinski definition) is 1. The highest BCUT2D eigenvalue weighted by atomic mass is 16.5. The largest absolute Gasteiger partial charge is 0.463 e. The molecule has 0 atom stereocenters. The maximum absolute atomic E-state index is 11.3. The molecule has 2 rings (SSSR count). The number of nitrogens with zero attached hydrogens (tertiary/aromatic N) is 2. The molecule has 1 N–H and O–H groups in total. The summed E-state index contributed by atoms with van der Waals surface area (Å²) in [6, 6.07) is 1.72. The minimum Gasteiger partial charge on any atom is -0.463 e. The zero-order valence-electron chi connectivity index (χ0n) is 10.6. The van der Waals surface area contributed by atoms with Crippen LogP contribution >= 0.6 is 0 Å². The van der Waals surface area contributed by atoms with E-state index in [0.29, 0.717) is 12.4 Å². The average molecular weight is 251 g/mol. The van der Waals surface area contributed by atoms with Gasteiger partial charge in [-0.1, -0.05) is 0 Å². The fourth-order valence-corrected chi connectivity index (χ4v) is 1.92. The molecule has 0 unspecified atom stereocenters. The molecule has 1 aromatic rings. The van der Waals surface area contributed by atoms with E-state index in [0.717, 1.165) is 12.8 Å². The van der Waals surface area contributed by atoms with Crippen molar-refractivity contribution in [2.45, 2.75) is 24.9 Å². The summed E-state index contributed by atoms with van der Waals surface area (Å²) in [7, 11) is 3.03. The normalized spacial score (nSPS) is 16.8. The predicted octanol–water partition coefficient (Wildman–Crippen LogP) is 1.24.